The van der Waals surface area contributed by atoms with E-state index in [2.05, 4.69) is 0 Å². The molecular formula is C10H12O4. The van der Waals surface area contributed by atoms with Gasteiger partial charge in [0.2, 0.25) is 0 Å². The van der Waals surface area contributed by atoms with Crippen molar-refractivity contribution >= 4 is 5.97 Å². The molecule has 0 saturated carbocycles. The number of carbonyl (C=O) groups excluding carboxylic acids is 1. The van der Waals surface area contributed by atoms with Gasteiger partial charge in [0.1, 0.15) is 12.2 Å². The lowest BCUT2D eigenvalue weighted by atomic mass is 10.0. The van der Waals surface area contributed by atoms with Crippen molar-refractivity contribution < 1.29 is 19.4 Å². The van der Waals surface area contributed by atoms with Crippen LogP contribution in [0.2, 0.25) is 0 Å². The van der Waals surface area contributed by atoms with Crippen LogP contribution in [0.25, 0.3) is 0 Å². The first-order valence-corrected chi connectivity index (χ1v) is 4.57. The standard InChI is InChI=1S/C10H12O4/c1-6(11)7-2-3-9-8(13-7)4-5-10(12)14-9/h2-9,11H,1H3/t6-,7-,8+,9-/m0/s1. The van der Waals surface area contributed by atoms with E-state index in [-0.39, 0.29) is 24.3 Å². The molecule has 2 aliphatic rings. The summed E-state index contributed by atoms with van der Waals surface area (Å²) >= 11 is 0. The van der Waals surface area contributed by atoms with Gasteiger partial charge in [-0.15, -0.1) is 0 Å². The number of fused-ring (bicyclic) bond motifs is 1. The lowest BCUT2D eigenvalue weighted by Gasteiger charge is -2.33. The average Bonchev–Trinajstić information content (AvgIpc) is 2.16. The molecule has 0 unspecified atom stereocenters. The van der Waals surface area contributed by atoms with E-state index in [0.717, 1.165) is 0 Å². The van der Waals surface area contributed by atoms with E-state index in [1.165, 1.54) is 6.08 Å². The summed E-state index contributed by atoms with van der Waals surface area (Å²) in [5.74, 6) is -0.352. The van der Waals surface area contributed by atoms with Gasteiger partial charge in [-0.3, -0.25) is 0 Å². The monoisotopic (exact) mass is 196 g/mol. The fraction of sp³-hybridized carbons (Fsp3) is 0.500. The van der Waals surface area contributed by atoms with E-state index in [1.54, 1.807) is 25.2 Å². The molecule has 1 N–H and O–H groups in total. The highest BCUT2D eigenvalue weighted by Crippen LogP contribution is 2.21. The average molecular weight is 196 g/mol. The zero-order chi connectivity index (χ0) is 10.1. The summed E-state index contributed by atoms with van der Waals surface area (Å²) in [5.41, 5.74) is 0. The minimum atomic E-state index is -0.557. The molecule has 0 saturated heterocycles. The topological polar surface area (TPSA) is 55.8 Å². The third-order valence-electron chi connectivity index (χ3n) is 2.28. The van der Waals surface area contributed by atoms with E-state index in [4.69, 9.17) is 9.47 Å². The normalized spacial score (nSPS) is 37.6. The van der Waals surface area contributed by atoms with Crippen LogP contribution in [0.4, 0.5) is 0 Å². The van der Waals surface area contributed by atoms with E-state index >= 15 is 0 Å². The molecule has 0 amide bonds. The molecule has 0 radical (unpaired) electrons. The van der Waals surface area contributed by atoms with Crippen molar-refractivity contribution in [2.45, 2.75) is 31.3 Å². The summed E-state index contributed by atoms with van der Waals surface area (Å²) in [7, 11) is 0. The Balaban J connectivity index is 2.12. The van der Waals surface area contributed by atoms with E-state index in [0.29, 0.717) is 0 Å². The SMILES string of the molecule is C[C@H](O)[C@@H]1C=C[C@@H]2OC(=O)C=C[C@H]2O1. The number of rotatable bonds is 1. The van der Waals surface area contributed by atoms with Crippen molar-refractivity contribution in [3.8, 4) is 0 Å². The maximum absolute atomic E-state index is 10.9. The van der Waals surface area contributed by atoms with Gasteiger partial charge in [-0.05, 0) is 19.1 Å². The van der Waals surface area contributed by atoms with Crippen LogP contribution in [0.15, 0.2) is 24.3 Å². The van der Waals surface area contributed by atoms with Gasteiger partial charge in [-0.25, -0.2) is 4.79 Å². The Morgan fingerprint density at radius 3 is 2.86 bits per heavy atom. The molecule has 0 fully saturated rings. The number of ether oxygens (including phenoxy) is 2. The Bertz CT molecular complexity index is 292. The molecule has 4 nitrogen and oxygen atoms in total. The predicted octanol–water partition coefficient (Wildman–Crippen LogP) is 0.172. The first-order chi connectivity index (χ1) is 6.66. The van der Waals surface area contributed by atoms with Crippen molar-refractivity contribution in [2.24, 2.45) is 0 Å². The van der Waals surface area contributed by atoms with Crippen LogP contribution in [-0.4, -0.2) is 35.5 Å². The van der Waals surface area contributed by atoms with Gasteiger partial charge in [-0.2, -0.15) is 0 Å². The molecular weight excluding hydrogens is 184 g/mol. The highest BCUT2D eigenvalue weighted by atomic mass is 16.6. The summed E-state index contributed by atoms with van der Waals surface area (Å²) in [6, 6.07) is 0. The zero-order valence-corrected chi connectivity index (χ0v) is 7.79. The fourth-order valence-electron chi connectivity index (χ4n) is 1.52. The van der Waals surface area contributed by atoms with Gasteiger partial charge in [0.05, 0.1) is 6.10 Å². The van der Waals surface area contributed by atoms with Gasteiger partial charge in [-0.1, -0.05) is 6.08 Å². The van der Waals surface area contributed by atoms with Crippen molar-refractivity contribution in [3.63, 3.8) is 0 Å². The molecule has 0 aliphatic carbocycles. The molecule has 4 atom stereocenters. The van der Waals surface area contributed by atoms with Gasteiger partial charge in [0, 0.05) is 6.08 Å². The van der Waals surface area contributed by atoms with Crippen LogP contribution < -0.4 is 0 Å². The second kappa shape index (κ2) is 3.55. The van der Waals surface area contributed by atoms with E-state index in [1.807, 2.05) is 0 Å². The minimum Gasteiger partial charge on any atom is -0.452 e. The van der Waals surface area contributed by atoms with Crippen LogP contribution in [0.1, 0.15) is 6.92 Å². The molecule has 0 aromatic heterocycles. The Labute approximate surface area is 81.8 Å². The lowest BCUT2D eigenvalue weighted by molar-refractivity contribution is -0.153. The van der Waals surface area contributed by atoms with Crippen LogP contribution >= 0.6 is 0 Å². The van der Waals surface area contributed by atoms with Crippen LogP contribution in [0, 0.1) is 0 Å². The van der Waals surface area contributed by atoms with Gasteiger partial charge >= 0.3 is 5.97 Å². The highest BCUT2D eigenvalue weighted by Gasteiger charge is 2.32. The molecule has 14 heavy (non-hydrogen) atoms. The summed E-state index contributed by atoms with van der Waals surface area (Å²) in [4.78, 5) is 10.9. The Kier molecular flexibility index (Phi) is 2.39. The zero-order valence-electron chi connectivity index (χ0n) is 7.79. The Hall–Kier alpha value is -1.13. The third-order valence-corrected chi connectivity index (χ3v) is 2.28. The smallest absolute Gasteiger partial charge is 0.331 e. The predicted molar refractivity (Wildman–Crippen MR) is 48.5 cm³/mol. The highest BCUT2D eigenvalue weighted by molar-refractivity contribution is 5.83. The molecule has 0 aromatic rings. The number of aliphatic hydroxyl groups is 1. The molecule has 4 heteroatoms. The first-order valence-electron chi connectivity index (χ1n) is 4.57. The molecule has 2 rings (SSSR count). The molecule has 0 bridgehead atoms. The van der Waals surface area contributed by atoms with E-state index in [9.17, 15) is 9.90 Å². The molecule has 2 heterocycles. The maximum atomic E-state index is 10.9. The second-order valence-corrected chi connectivity index (χ2v) is 3.45. The molecule has 0 aromatic carbocycles. The summed E-state index contributed by atoms with van der Waals surface area (Å²) in [5, 5.41) is 9.31. The number of hydrogen-bond acceptors (Lipinski definition) is 4. The number of carbonyl (C=O) groups is 1. The summed E-state index contributed by atoms with van der Waals surface area (Å²) < 4.78 is 10.5. The first kappa shape index (κ1) is 9.43. The number of aliphatic hydroxyl groups excluding tert-OH is 1. The van der Waals surface area contributed by atoms with Crippen LogP contribution in [-0.2, 0) is 14.3 Å². The largest absolute Gasteiger partial charge is 0.452 e. The lowest BCUT2D eigenvalue weighted by Crippen LogP contribution is -2.42. The maximum Gasteiger partial charge on any atom is 0.331 e. The summed E-state index contributed by atoms with van der Waals surface area (Å²) in [6.07, 6.45) is 5.00. The van der Waals surface area contributed by atoms with Crippen LogP contribution in [0.5, 0.6) is 0 Å². The Morgan fingerprint density at radius 2 is 2.14 bits per heavy atom. The summed E-state index contributed by atoms with van der Waals surface area (Å²) in [6.45, 7) is 1.66. The van der Waals surface area contributed by atoms with Crippen molar-refractivity contribution in [1.82, 2.24) is 0 Å². The quantitative estimate of drug-likeness (QED) is 0.480. The van der Waals surface area contributed by atoms with Crippen molar-refractivity contribution in [3.05, 3.63) is 24.3 Å². The number of esters is 1. The van der Waals surface area contributed by atoms with Crippen molar-refractivity contribution in [1.29, 1.82) is 0 Å². The molecule has 2 aliphatic heterocycles. The van der Waals surface area contributed by atoms with Gasteiger partial charge in [0.15, 0.2) is 6.10 Å². The Morgan fingerprint density at radius 1 is 1.36 bits per heavy atom. The van der Waals surface area contributed by atoms with E-state index < -0.39 is 6.10 Å². The van der Waals surface area contributed by atoms with Gasteiger partial charge < -0.3 is 14.6 Å². The van der Waals surface area contributed by atoms with Crippen molar-refractivity contribution in [2.75, 3.05) is 0 Å². The molecule has 76 valence electrons. The fourth-order valence-corrected chi connectivity index (χ4v) is 1.52. The minimum absolute atomic E-state index is 0.266. The van der Waals surface area contributed by atoms with Gasteiger partial charge in [0.25, 0.3) is 0 Å². The van der Waals surface area contributed by atoms with Crippen LogP contribution in [0.3, 0.4) is 0 Å². The third kappa shape index (κ3) is 1.71. The number of hydrogen-bond donors (Lipinski definition) is 1. The molecule has 0 spiro atoms. The second-order valence-electron chi connectivity index (χ2n) is 3.45.